The van der Waals surface area contributed by atoms with Crippen LogP contribution in [0.25, 0.3) is 0 Å². The average molecular weight is 196 g/mol. The summed E-state index contributed by atoms with van der Waals surface area (Å²) in [4.78, 5) is 3.96. The highest BCUT2D eigenvalue weighted by atomic mass is 32.2. The van der Waals surface area contributed by atoms with E-state index in [0.717, 1.165) is 0 Å². The molecule has 13 heavy (non-hydrogen) atoms. The third-order valence-corrected chi connectivity index (χ3v) is 3.24. The van der Waals surface area contributed by atoms with Gasteiger partial charge in [-0.05, 0) is 12.1 Å². The summed E-state index contributed by atoms with van der Waals surface area (Å²) in [5.74, 6) is 0.465. The van der Waals surface area contributed by atoms with Crippen molar-refractivity contribution in [3.8, 4) is 0 Å². The molecule has 0 aliphatic carbocycles. The van der Waals surface area contributed by atoms with Crippen molar-refractivity contribution in [2.24, 2.45) is 0 Å². The lowest BCUT2D eigenvalue weighted by Gasteiger charge is -2.14. The third-order valence-electron chi connectivity index (χ3n) is 1.75. The summed E-state index contributed by atoms with van der Waals surface area (Å²) in [6, 6.07) is 5.18. The molecule has 0 spiro atoms. The van der Waals surface area contributed by atoms with E-state index in [2.05, 4.69) is 4.98 Å². The van der Waals surface area contributed by atoms with Crippen molar-refractivity contribution in [1.29, 1.82) is 0 Å². The average Bonchev–Trinajstić information content (AvgIpc) is 2.47. The van der Waals surface area contributed by atoms with Gasteiger partial charge in [0, 0.05) is 11.6 Å². The summed E-state index contributed by atoms with van der Waals surface area (Å²) < 4.78 is 24.0. The lowest BCUT2D eigenvalue weighted by molar-refractivity contribution is 0.603. The van der Waals surface area contributed by atoms with Gasteiger partial charge < -0.3 is 0 Å². The maximum Gasteiger partial charge on any atom is 0.258 e. The van der Waals surface area contributed by atoms with Gasteiger partial charge in [-0.2, -0.15) is 0 Å². The van der Waals surface area contributed by atoms with E-state index in [4.69, 9.17) is 0 Å². The SMILES string of the molecule is O=S1(=O)C=CCN1c1ccccn1. The van der Waals surface area contributed by atoms with Crippen molar-refractivity contribution in [2.45, 2.75) is 0 Å². The first-order valence-electron chi connectivity index (χ1n) is 3.80. The zero-order valence-corrected chi connectivity index (χ0v) is 7.61. The molecular weight excluding hydrogens is 188 g/mol. The fourth-order valence-corrected chi connectivity index (χ4v) is 2.30. The van der Waals surface area contributed by atoms with Crippen LogP contribution in [-0.2, 0) is 10.0 Å². The molecule has 2 rings (SSSR count). The number of rotatable bonds is 1. The van der Waals surface area contributed by atoms with E-state index in [-0.39, 0.29) is 0 Å². The first kappa shape index (κ1) is 8.25. The second kappa shape index (κ2) is 2.85. The van der Waals surface area contributed by atoms with Crippen LogP contribution in [0.1, 0.15) is 0 Å². The molecule has 0 aromatic carbocycles. The van der Waals surface area contributed by atoms with E-state index in [1.54, 1.807) is 30.5 Å². The second-order valence-electron chi connectivity index (χ2n) is 2.64. The molecule has 0 saturated carbocycles. The molecule has 68 valence electrons. The maximum atomic E-state index is 11.4. The molecule has 1 aromatic heterocycles. The number of pyridine rings is 1. The summed E-state index contributed by atoms with van der Waals surface area (Å²) >= 11 is 0. The first-order chi connectivity index (χ1) is 6.20. The van der Waals surface area contributed by atoms with Gasteiger partial charge in [-0.3, -0.25) is 0 Å². The molecule has 0 radical (unpaired) electrons. The Kier molecular flexibility index (Phi) is 1.81. The predicted octanol–water partition coefficient (Wildman–Crippen LogP) is 0.745. The summed E-state index contributed by atoms with van der Waals surface area (Å²) in [6.07, 6.45) is 3.17. The Morgan fingerprint density at radius 2 is 2.23 bits per heavy atom. The predicted molar refractivity (Wildman–Crippen MR) is 49.6 cm³/mol. The Morgan fingerprint density at radius 3 is 2.77 bits per heavy atom. The van der Waals surface area contributed by atoms with E-state index in [0.29, 0.717) is 12.4 Å². The minimum atomic E-state index is -3.25. The van der Waals surface area contributed by atoms with Crippen molar-refractivity contribution in [1.82, 2.24) is 4.98 Å². The number of aromatic nitrogens is 1. The number of hydrogen-bond donors (Lipinski definition) is 0. The molecule has 5 heteroatoms. The first-order valence-corrected chi connectivity index (χ1v) is 5.31. The summed E-state index contributed by atoms with van der Waals surface area (Å²) in [5, 5.41) is 1.20. The lowest BCUT2D eigenvalue weighted by atomic mass is 10.4. The molecule has 2 heterocycles. The minimum absolute atomic E-state index is 0.374. The van der Waals surface area contributed by atoms with Gasteiger partial charge in [0.15, 0.2) is 0 Å². The Labute approximate surface area is 76.6 Å². The maximum absolute atomic E-state index is 11.4. The lowest BCUT2D eigenvalue weighted by Crippen LogP contribution is -2.25. The Morgan fingerprint density at radius 1 is 1.38 bits per heavy atom. The summed E-state index contributed by atoms with van der Waals surface area (Å²) in [5.41, 5.74) is 0. The van der Waals surface area contributed by atoms with Crippen molar-refractivity contribution >= 4 is 15.8 Å². The van der Waals surface area contributed by atoms with Crippen molar-refractivity contribution in [3.05, 3.63) is 35.9 Å². The van der Waals surface area contributed by atoms with Crippen LogP contribution >= 0.6 is 0 Å². The fourth-order valence-electron chi connectivity index (χ4n) is 1.16. The quantitative estimate of drug-likeness (QED) is 0.665. The van der Waals surface area contributed by atoms with Crippen LogP contribution in [-0.4, -0.2) is 19.9 Å². The number of hydrogen-bond acceptors (Lipinski definition) is 3. The van der Waals surface area contributed by atoms with Gasteiger partial charge >= 0.3 is 0 Å². The fraction of sp³-hybridized carbons (Fsp3) is 0.125. The summed E-state index contributed by atoms with van der Waals surface area (Å²) in [7, 11) is -3.25. The van der Waals surface area contributed by atoms with Crippen molar-refractivity contribution in [3.63, 3.8) is 0 Å². The second-order valence-corrected chi connectivity index (χ2v) is 4.38. The molecule has 4 nitrogen and oxygen atoms in total. The van der Waals surface area contributed by atoms with Crippen LogP contribution in [0.4, 0.5) is 5.82 Å². The molecule has 0 saturated heterocycles. The van der Waals surface area contributed by atoms with Crippen molar-refractivity contribution in [2.75, 3.05) is 10.8 Å². The number of anilines is 1. The van der Waals surface area contributed by atoms with Gasteiger partial charge in [0.05, 0.1) is 6.54 Å². The van der Waals surface area contributed by atoms with E-state index in [9.17, 15) is 8.42 Å². The normalized spacial score (nSPS) is 19.2. The monoisotopic (exact) mass is 196 g/mol. The Bertz CT molecular complexity index is 425. The van der Waals surface area contributed by atoms with Crippen LogP contribution < -0.4 is 4.31 Å². The Balaban J connectivity index is 2.41. The molecule has 0 bridgehead atoms. The van der Waals surface area contributed by atoms with E-state index in [1.807, 2.05) is 0 Å². The molecule has 0 atom stereocenters. The van der Waals surface area contributed by atoms with E-state index >= 15 is 0 Å². The van der Waals surface area contributed by atoms with E-state index < -0.39 is 10.0 Å². The zero-order chi connectivity index (χ0) is 9.31. The summed E-state index contributed by atoms with van der Waals surface area (Å²) in [6.45, 7) is 0.374. The molecule has 1 aromatic rings. The van der Waals surface area contributed by atoms with Crippen molar-refractivity contribution < 1.29 is 8.42 Å². The van der Waals surface area contributed by atoms with Crippen LogP contribution in [0.2, 0.25) is 0 Å². The molecular formula is C8H8N2O2S. The van der Waals surface area contributed by atoms with Gasteiger partial charge in [-0.1, -0.05) is 12.1 Å². The molecule has 1 aliphatic rings. The number of sulfonamides is 1. The van der Waals surface area contributed by atoms with Crippen LogP contribution in [0.15, 0.2) is 35.9 Å². The van der Waals surface area contributed by atoms with Gasteiger partial charge in [0.25, 0.3) is 10.0 Å². The highest BCUT2D eigenvalue weighted by Gasteiger charge is 2.23. The van der Waals surface area contributed by atoms with Gasteiger partial charge in [-0.25, -0.2) is 17.7 Å². The Hall–Kier alpha value is -1.36. The molecule has 0 N–H and O–H groups in total. The molecule has 0 fully saturated rings. The highest BCUT2D eigenvalue weighted by molar-refractivity contribution is 7.95. The topological polar surface area (TPSA) is 50.3 Å². The zero-order valence-electron chi connectivity index (χ0n) is 6.79. The standard InChI is InChI=1S/C8H8N2O2S/c11-13(12)7-3-6-10(13)8-4-1-2-5-9-8/h1-5,7H,6H2. The van der Waals surface area contributed by atoms with Gasteiger partial charge in [0.1, 0.15) is 5.82 Å². The largest absolute Gasteiger partial charge is 0.258 e. The number of nitrogens with zero attached hydrogens (tertiary/aromatic N) is 2. The van der Waals surface area contributed by atoms with Crippen LogP contribution in [0.5, 0.6) is 0 Å². The van der Waals surface area contributed by atoms with Crippen LogP contribution in [0, 0.1) is 0 Å². The smallest absolute Gasteiger partial charge is 0.246 e. The van der Waals surface area contributed by atoms with Gasteiger partial charge in [-0.15, -0.1) is 0 Å². The molecule has 0 amide bonds. The highest BCUT2D eigenvalue weighted by Crippen LogP contribution is 2.19. The molecule has 1 aliphatic heterocycles. The molecule has 0 unspecified atom stereocenters. The minimum Gasteiger partial charge on any atom is -0.246 e. The van der Waals surface area contributed by atoms with Gasteiger partial charge in [0.2, 0.25) is 0 Å². The third kappa shape index (κ3) is 1.42. The van der Waals surface area contributed by atoms with E-state index in [1.165, 1.54) is 9.71 Å². The van der Waals surface area contributed by atoms with Crippen LogP contribution in [0.3, 0.4) is 0 Å².